The van der Waals surface area contributed by atoms with E-state index in [1.807, 2.05) is 14.8 Å². The van der Waals surface area contributed by atoms with E-state index in [0.29, 0.717) is 6.61 Å². The van der Waals surface area contributed by atoms with Gasteiger partial charge in [0.15, 0.2) is 0 Å². The highest BCUT2D eigenvalue weighted by atomic mass is 16.5. The minimum Gasteiger partial charge on any atom is -0.393 e. The quantitative estimate of drug-likeness (QED) is 0.452. The molecule has 1 heterocycles. The van der Waals surface area contributed by atoms with Crippen LogP contribution in [0.2, 0.25) is 5.82 Å². The maximum Gasteiger partial charge on any atom is 0.118 e. The summed E-state index contributed by atoms with van der Waals surface area (Å²) in [7, 11) is 1.91. The van der Waals surface area contributed by atoms with Gasteiger partial charge < -0.3 is 20.1 Å². The van der Waals surface area contributed by atoms with E-state index >= 15 is 0 Å². The molecule has 76 valence electrons. The normalized spacial score (nSPS) is 43.1. The third-order valence-corrected chi connectivity index (χ3v) is 2.64. The Morgan fingerprint density at radius 2 is 2.31 bits per heavy atom. The van der Waals surface area contributed by atoms with Crippen LogP contribution in [0, 0.1) is 0 Å². The fourth-order valence-corrected chi connectivity index (χ4v) is 1.65. The van der Waals surface area contributed by atoms with Crippen molar-refractivity contribution in [3.63, 3.8) is 0 Å². The molecular weight excluding hydrogens is 171 g/mol. The van der Waals surface area contributed by atoms with Crippen molar-refractivity contribution in [2.45, 2.75) is 37.0 Å². The van der Waals surface area contributed by atoms with E-state index in [1.54, 1.807) is 0 Å². The third kappa shape index (κ3) is 2.04. The molecule has 1 aliphatic rings. The van der Waals surface area contributed by atoms with Crippen LogP contribution in [0.5, 0.6) is 0 Å². The fraction of sp³-hybridized carbons (Fsp3) is 1.00. The molecular formula is C8H17BO4. The fourth-order valence-electron chi connectivity index (χ4n) is 1.65. The molecule has 5 heteroatoms. The summed E-state index contributed by atoms with van der Waals surface area (Å²) in [6.07, 6.45) is -1.09. The van der Waals surface area contributed by atoms with Gasteiger partial charge in [-0.15, -0.1) is 0 Å². The van der Waals surface area contributed by atoms with Gasteiger partial charge in [-0.25, -0.2) is 0 Å². The lowest BCUT2D eigenvalue weighted by Gasteiger charge is -2.42. The van der Waals surface area contributed by atoms with Crippen LogP contribution in [0.3, 0.4) is 0 Å². The maximum absolute atomic E-state index is 9.79. The van der Waals surface area contributed by atoms with Crippen LogP contribution in [0.25, 0.3) is 0 Å². The molecule has 3 N–H and O–H groups in total. The Balaban J connectivity index is 2.71. The number of aliphatic hydroxyl groups excluding tert-OH is 2. The Labute approximate surface area is 78.9 Å². The van der Waals surface area contributed by atoms with Gasteiger partial charge in [0.2, 0.25) is 0 Å². The van der Waals surface area contributed by atoms with Gasteiger partial charge >= 0.3 is 0 Å². The predicted octanol–water partition coefficient (Wildman–Crippen LogP) is -1.70. The second-order valence-electron chi connectivity index (χ2n) is 4.04. The first kappa shape index (κ1) is 11.0. The molecule has 0 aromatic heterocycles. The minimum absolute atomic E-state index is 0.133. The predicted molar refractivity (Wildman–Crippen MR) is 50.4 cm³/mol. The van der Waals surface area contributed by atoms with Gasteiger partial charge in [-0.05, 0) is 5.82 Å². The first-order chi connectivity index (χ1) is 6.01. The molecule has 4 nitrogen and oxygen atoms in total. The largest absolute Gasteiger partial charge is 0.393 e. The summed E-state index contributed by atoms with van der Waals surface area (Å²) in [6, 6.07) is 0. The van der Waals surface area contributed by atoms with E-state index in [1.165, 1.54) is 0 Å². The standard InChI is InChI=1S/C8H17BO4/c1-5(9)6-7(11)8(12,4-10)2-3-13-6/h5-7,10-12H,2-4,9H2,1H3/t5-,6-,7?,8?/m1/s1. The molecule has 2 unspecified atom stereocenters. The minimum atomic E-state index is -1.38. The highest BCUT2D eigenvalue weighted by molar-refractivity contribution is 6.11. The molecule has 1 rings (SSSR count). The van der Waals surface area contributed by atoms with Gasteiger partial charge in [-0.3, -0.25) is 0 Å². The molecule has 0 aromatic rings. The van der Waals surface area contributed by atoms with Gasteiger partial charge in [-0.1, -0.05) is 6.92 Å². The molecule has 1 saturated heterocycles. The first-order valence-corrected chi connectivity index (χ1v) is 4.64. The number of hydrogen-bond donors (Lipinski definition) is 3. The van der Waals surface area contributed by atoms with Gasteiger partial charge in [0.05, 0.1) is 12.7 Å². The van der Waals surface area contributed by atoms with Crippen LogP contribution in [-0.4, -0.2) is 54.2 Å². The van der Waals surface area contributed by atoms with Crippen LogP contribution >= 0.6 is 0 Å². The molecule has 0 bridgehead atoms. The lowest BCUT2D eigenvalue weighted by molar-refractivity contribution is -0.202. The van der Waals surface area contributed by atoms with Crippen LogP contribution in [0.15, 0.2) is 0 Å². The van der Waals surface area contributed by atoms with E-state index in [2.05, 4.69) is 0 Å². The number of aliphatic hydroxyl groups is 3. The highest BCUT2D eigenvalue weighted by Crippen LogP contribution is 2.29. The van der Waals surface area contributed by atoms with Crippen LogP contribution in [0.4, 0.5) is 0 Å². The van der Waals surface area contributed by atoms with Crippen molar-refractivity contribution in [3.8, 4) is 0 Å². The molecule has 0 radical (unpaired) electrons. The average Bonchev–Trinajstić information content (AvgIpc) is 2.09. The summed E-state index contributed by atoms with van der Waals surface area (Å²) in [6.45, 7) is 1.88. The summed E-state index contributed by atoms with van der Waals surface area (Å²) in [5.74, 6) is 0.133. The lowest BCUT2D eigenvalue weighted by Crippen LogP contribution is -2.57. The Morgan fingerprint density at radius 3 is 2.77 bits per heavy atom. The summed E-state index contributed by atoms with van der Waals surface area (Å²) in [5.41, 5.74) is -1.38. The molecule has 1 aliphatic heterocycles. The zero-order valence-electron chi connectivity index (χ0n) is 8.10. The molecule has 0 spiro atoms. The Bertz CT molecular complexity index is 176. The van der Waals surface area contributed by atoms with Crippen molar-refractivity contribution in [2.75, 3.05) is 13.2 Å². The third-order valence-electron chi connectivity index (χ3n) is 2.64. The van der Waals surface area contributed by atoms with Crippen LogP contribution in [-0.2, 0) is 4.74 Å². The summed E-state index contributed by atoms with van der Waals surface area (Å²) in [4.78, 5) is 0. The Kier molecular flexibility index (Phi) is 3.35. The van der Waals surface area contributed by atoms with E-state index in [4.69, 9.17) is 9.84 Å². The lowest BCUT2D eigenvalue weighted by atomic mass is 9.75. The van der Waals surface area contributed by atoms with Crippen molar-refractivity contribution < 1.29 is 20.1 Å². The summed E-state index contributed by atoms with van der Waals surface area (Å²) >= 11 is 0. The number of ether oxygens (including phenoxy) is 1. The van der Waals surface area contributed by atoms with Gasteiger partial charge in [0.25, 0.3) is 0 Å². The van der Waals surface area contributed by atoms with E-state index in [-0.39, 0.29) is 18.3 Å². The summed E-state index contributed by atoms with van der Waals surface area (Å²) < 4.78 is 5.33. The highest BCUT2D eigenvalue weighted by Gasteiger charge is 2.44. The average molecular weight is 188 g/mol. The Hall–Kier alpha value is -0.0951. The van der Waals surface area contributed by atoms with Gasteiger partial charge in [0.1, 0.15) is 19.6 Å². The molecule has 1 fully saturated rings. The van der Waals surface area contributed by atoms with Crippen molar-refractivity contribution in [1.29, 1.82) is 0 Å². The molecule has 4 atom stereocenters. The molecule has 0 amide bonds. The SMILES string of the molecule is B[C@H](C)[C@H]1OCCC(O)(CO)C1O. The zero-order chi connectivity index (χ0) is 10.1. The molecule has 0 saturated carbocycles. The van der Waals surface area contributed by atoms with Crippen LogP contribution in [0.1, 0.15) is 13.3 Å². The van der Waals surface area contributed by atoms with Crippen molar-refractivity contribution in [1.82, 2.24) is 0 Å². The van der Waals surface area contributed by atoms with Gasteiger partial charge in [0, 0.05) is 13.0 Å². The van der Waals surface area contributed by atoms with Crippen molar-refractivity contribution in [3.05, 3.63) is 0 Å². The van der Waals surface area contributed by atoms with E-state index in [9.17, 15) is 10.2 Å². The van der Waals surface area contributed by atoms with Gasteiger partial charge in [-0.2, -0.15) is 0 Å². The number of hydrogen-bond acceptors (Lipinski definition) is 4. The van der Waals surface area contributed by atoms with E-state index in [0.717, 1.165) is 0 Å². The second kappa shape index (κ2) is 3.96. The molecule has 0 aromatic carbocycles. The molecule has 0 aliphatic carbocycles. The van der Waals surface area contributed by atoms with Crippen molar-refractivity contribution in [2.24, 2.45) is 0 Å². The van der Waals surface area contributed by atoms with E-state index < -0.39 is 18.3 Å². The monoisotopic (exact) mass is 188 g/mol. The van der Waals surface area contributed by atoms with Crippen molar-refractivity contribution >= 4 is 7.85 Å². The number of rotatable bonds is 2. The summed E-state index contributed by atoms with van der Waals surface area (Å²) in [5, 5.41) is 28.5. The smallest absolute Gasteiger partial charge is 0.118 e. The zero-order valence-corrected chi connectivity index (χ0v) is 8.10. The molecule has 13 heavy (non-hydrogen) atoms. The topological polar surface area (TPSA) is 69.9 Å². The maximum atomic E-state index is 9.79. The first-order valence-electron chi connectivity index (χ1n) is 4.64. The Morgan fingerprint density at radius 1 is 1.69 bits per heavy atom. The van der Waals surface area contributed by atoms with Crippen LogP contribution < -0.4 is 0 Å². The second-order valence-corrected chi connectivity index (χ2v) is 4.04.